The van der Waals surface area contributed by atoms with Gasteiger partial charge in [0.2, 0.25) is 0 Å². The van der Waals surface area contributed by atoms with Crippen LogP contribution in [0.2, 0.25) is 0 Å². The zero-order chi connectivity index (χ0) is 17.2. The summed E-state index contributed by atoms with van der Waals surface area (Å²) in [6.07, 6.45) is 0. The van der Waals surface area contributed by atoms with Crippen molar-refractivity contribution in [1.29, 1.82) is 0 Å². The summed E-state index contributed by atoms with van der Waals surface area (Å²) in [5, 5.41) is 3.48. The second kappa shape index (κ2) is 10.1. The highest BCUT2D eigenvalue weighted by atomic mass is 16.5. The monoisotopic (exact) mass is 326 g/mol. The van der Waals surface area contributed by atoms with Gasteiger partial charge in [0.1, 0.15) is 12.4 Å². The van der Waals surface area contributed by atoms with Crippen LogP contribution in [0.4, 0.5) is 0 Å². The van der Waals surface area contributed by atoms with Crippen LogP contribution in [0, 0.1) is 5.92 Å². The molecule has 0 unspecified atom stereocenters. The van der Waals surface area contributed by atoms with Crippen molar-refractivity contribution in [3.63, 3.8) is 0 Å². The van der Waals surface area contributed by atoms with E-state index >= 15 is 0 Å². The zero-order valence-electron chi connectivity index (χ0n) is 15.2. The van der Waals surface area contributed by atoms with E-state index < -0.39 is 0 Å². The summed E-state index contributed by atoms with van der Waals surface area (Å²) >= 11 is 0. The molecule has 0 aliphatic rings. The average molecular weight is 326 g/mol. The summed E-state index contributed by atoms with van der Waals surface area (Å²) in [6.45, 7) is 8.87. The number of hydrogen-bond acceptors (Lipinski definition) is 3. The Morgan fingerprint density at radius 1 is 1.00 bits per heavy atom. The molecule has 2 aromatic rings. The number of likely N-dealkylation sites (N-methyl/N-ethyl adjacent to an activating group) is 1. The van der Waals surface area contributed by atoms with Crippen LogP contribution in [-0.2, 0) is 13.1 Å². The van der Waals surface area contributed by atoms with E-state index in [4.69, 9.17) is 4.74 Å². The highest BCUT2D eigenvalue weighted by molar-refractivity contribution is 5.33. The van der Waals surface area contributed by atoms with Crippen molar-refractivity contribution in [2.24, 2.45) is 5.92 Å². The lowest BCUT2D eigenvalue weighted by atomic mass is 10.2. The van der Waals surface area contributed by atoms with E-state index in [1.165, 1.54) is 11.1 Å². The van der Waals surface area contributed by atoms with Crippen LogP contribution in [0.25, 0.3) is 0 Å². The molecule has 0 aliphatic heterocycles. The number of benzene rings is 2. The van der Waals surface area contributed by atoms with E-state index in [1.807, 2.05) is 6.07 Å². The second-order valence-electron chi connectivity index (χ2n) is 6.70. The van der Waals surface area contributed by atoms with Crippen LogP contribution in [0.5, 0.6) is 5.75 Å². The normalized spacial score (nSPS) is 11.2. The lowest BCUT2D eigenvalue weighted by molar-refractivity contribution is 0.231. The molecule has 24 heavy (non-hydrogen) atoms. The highest BCUT2D eigenvalue weighted by Crippen LogP contribution is 2.17. The van der Waals surface area contributed by atoms with E-state index in [2.05, 4.69) is 79.6 Å². The zero-order valence-corrected chi connectivity index (χ0v) is 15.2. The van der Waals surface area contributed by atoms with Crippen molar-refractivity contribution in [3.8, 4) is 5.75 Å². The average Bonchev–Trinajstić information content (AvgIpc) is 2.57. The lowest BCUT2D eigenvalue weighted by Gasteiger charge is -2.18. The van der Waals surface area contributed by atoms with E-state index in [9.17, 15) is 0 Å². The first-order valence-electron chi connectivity index (χ1n) is 8.79. The van der Waals surface area contributed by atoms with Crippen molar-refractivity contribution < 1.29 is 4.74 Å². The van der Waals surface area contributed by atoms with Gasteiger partial charge in [-0.3, -0.25) is 4.90 Å². The predicted molar refractivity (Wildman–Crippen MR) is 101 cm³/mol. The minimum absolute atomic E-state index is 0.657. The number of ether oxygens (including phenoxy) is 1. The number of nitrogens with one attached hydrogen (secondary N) is 1. The number of para-hydroxylation sites is 1. The number of rotatable bonds is 10. The first kappa shape index (κ1) is 18.5. The minimum atomic E-state index is 0.657. The van der Waals surface area contributed by atoms with Crippen LogP contribution in [0.3, 0.4) is 0 Å². The molecule has 0 fully saturated rings. The molecule has 0 radical (unpaired) electrons. The molecule has 2 rings (SSSR count). The number of hydrogen-bond donors (Lipinski definition) is 1. The molecule has 3 nitrogen and oxygen atoms in total. The molecule has 2 aromatic carbocycles. The maximum Gasteiger partial charge on any atom is 0.123 e. The maximum absolute atomic E-state index is 6.02. The first-order chi connectivity index (χ1) is 11.6. The van der Waals surface area contributed by atoms with E-state index in [1.54, 1.807) is 0 Å². The Balaban J connectivity index is 1.77. The van der Waals surface area contributed by atoms with Crippen LogP contribution < -0.4 is 10.1 Å². The third-order valence-electron chi connectivity index (χ3n) is 3.87. The largest absolute Gasteiger partial charge is 0.492 e. The molecule has 0 bridgehead atoms. The Morgan fingerprint density at radius 2 is 1.71 bits per heavy atom. The third-order valence-corrected chi connectivity index (χ3v) is 3.87. The minimum Gasteiger partial charge on any atom is -0.492 e. The summed E-state index contributed by atoms with van der Waals surface area (Å²) in [7, 11) is 2.13. The molecule has 3 heteroatoms. The highest BCUT2D eigenvalue weighted by Gasteiger charge is 2.05. The van der Waals surface area contributed by atoms with Gasteiger partial charge in [0.15, 0.2) is 0 Å². The standard InChI is InChI=1S/C21H30N2O/c1-18(2)15-22-16-20-11-7-8-12-21(20)24-14-13-23(3)17-19-9-5-4-6-10-19/h4-12,18,22H,13-17H2,1-3H3. The molecule has 130 valence electrons. The Morgan fingerprint density at radius 3 is 2.46 bits per heavy atom. The fraction of sp³-hybridized carbons (Fsp3) is 0.429. The van der Waals surface area contributed by atoms with Gasteiger partial charge in [-0.1, -0.05) is 62.4 Å². The molecular weight excluding hydrogens is 296 g/mol. The van der Waals surface area contributed by atoms with Gasteiger partial charge < -0.3 is 10.1 Å². The topological polar surface area (TPSA) is 24.5 Å². The fourth-order valence-corrected chi connectivity index (χ4v) is 2.57. The van der Waals surface area contributed by atoms with Crippen molar-refractivity contribution in [2.45, 2.75) is 26.9 Å². The molecule has 0 aromatic heterocycles. The quantitative estimate of drug-likeness (QED) is 0.715. The SMILES string of the molecule is CC(C)CNCc1ccccc1OCCN(C)Cc1ccccc1. The summed E-state index contributed by atoms with van der Waals surface area (Å²) in [5.41, 5.74) is 2.56. The van der Waals surface area contributed by atoms with E-state index in [0.717, 1.165) is 31.9 Å². The summed E-state index contributed by atoms with van der Waals surface area (Å²) < 4.78 is 6.02. The van der Waals surface area contributed by atoms with E-state index in [0.29, 0.717) is 12.5 Å². The van der Waals surface area contributed by atoms with Gasteiger partial charge in [-0.05, 0) is 31.1 Å². The fourth-order valence-electron chi connectivity index (χ4n) is 2.57. The summed E-state index contributed by atoms with van der Waals surface area (Å²) in [4.78, 5) is 2.29. The van der Waals surface area contributed by atoms with Crippen LogP contribution in [0.15, 0.2) is 54.6 Å². The molecule has 0 heterocycles. The van der Waals surface area contributed by atoms with Gasteiger partial charge in [0.25, 0.3) is 0 Å². The molecule has 0 aliphatic carbocycles. The van der Waals surface area contributed by atoms with Gasteiger partial charge in [-0.25, -0.2) is 0 Å². The van der Waals surface area contributed by atoms with Crippen LogP contribution in [-0.4, -0.2) is 31.6 Å². The Kier molecular flexibility index (Phi) is 7.80. The Hall–Kier alpha value is -1.84. The molecule has 0 saturated heterocycles. The van der Waals surface area contributed by atoms with Crippen molar-refractivity contribution >= 4 is 0 Å². The smallest absolute Gasteiger partial charge is 0.123 e. The van der Waals surface area contributed by atoms with Crippen LogP contribution in [0.1, 0.15) is 25.0 Å². The van der Waals surface area contributed by atoms with Crippen molar-refractivity contribution in [1.82, 2.24) is 10.2 Å². The molecule has 0 amide bonds. The Labute approximate surface area is 146 Å². The summed E-state index contributed by atoms with van der Waals surface area (Å²) in [5.74, 6) is 1.64. The van der Waals surface area contributed by atoms with Gasteiger partial charge in [-0.2, -0.15) is 0 Å². The van der Waals surface area contributed by atoms with Crippen molar-refractivity contribution in [3.05, 3.63) is 65.7 Å². The Bertz CT molecular complexity index is 583. The molecule has 0 atom stereocenters. The van der Waals surface area contributed by atoms with E-state index in [-0.39, 0.29) is 0 Å². The third kappa shape index (κ3) is 6.73. The van der Waals surface area contributed by atoms with Gasteiger partial charge >= 0.3 is 0 Å². The molecule has 0 saturated carbocycles. The number of nitrogens with zero attached hydrogens (tertiary/aromatic N) is 1. The molecule has 1 N–H and O–H groups in total. The first-order valence-corrected chi connectivity index (χ1v) is 8.79. The lowest BCUT2D eigenvalue weighted by Crippen LogP contribution is -2.24. The van der Waals surface area contributed by atoms with Crippen molar-refractivity contribution in [2.75, 3.05) is 26.7 Å². The molecular formula is C21H30N2O. The molecule has 0 spiro atoms. The van der Waals surface area contributed by atoms with Gasteiger partial charge in [0.05, 0.1) is 0 Å². The summed E-state index contributed by atoms with van der Waals surface area (Å²) in [6, 6.07) is 18.8. The predicted octanol–water partition coefficient (Wildman–Crippen LogP) is 3.94. The van der Waals surface area contributed by atoms with Gasteiger partial charge in [0, 0.05) is 25.2 Å². The van der Waals surface area contributed by atoms with Crippen LogP contribution >= 0.6 is 0 Å². The van der Waals surface area contributed by atoms with Gasteiger partial charge in [-0.15, -0.1) is 0 Å². The maximum atomic E-state index is 6.02. The second-order valence-corrected chi connectivity index (χ2v) is 6.70.